The Balaban J connectivity index is 1.37. The summed E-state index contributed by atoms with van der Waals surface area (Å²) >= 11 is 0. The monoisotopic (exact) mass is 430 g/mol. The average Bonchev–Trinajstić information content (AvgIpc) is 3.09. The SMILES string of the molecule is CC(C)(C)OC(=O)N1CCC(CCOC(=O)OCn2cc(C=O)c3ccccc32)CC1. The number of fused-ring (bicyclic) bond motifs is 1. The fraction of sp³-hybridized carbons (Fsp3) is 0.522. The van der Waals surface area contributed by atoms with Crippen LogP contribution in [-0.2, 0) is 20.9 Å². The third kappa shape index (κ3) is 6.23. The fourth-order valence-corrected chi connectivity index (χ4v) is 3.68. The van der Waals surface area contributed by atoms with Gasteiger partial charge in [-0.1, -0.05) is 18.2 Å². The lowest BCUT2D eigenvalue weighted by molar-refractivity contribution is 0.0151. The molecule has 8 heteroatoms. The van der Waals surface area contributed by atoms with Crippen LogP contribution in [0.5, 0.6) is 0 Å². The highest BCUT2D eigenvalue weighted by molar-refractivity contribution is 5.97. The number of ether oxygens (including phenoxy) is 3. The van der Waals surface area contributed by atoms with Gasteiger partial charge in [-0.3, -0.25) is 4.79 Å². The highest BCUT2D eigenvalue weighted by Gasteiger charge is 2.26. The van der Waals surface area contributed by atoms with Gasteiger partial charge in [-0.15, -0.1) is 0 Å². The molecule has 0 aliphatic carbocycles. The van der Waals surface area contributed by atoms with Crippen LogP contribution in [0, 0.1) is 5.92 Å². The first kappa shape index (κ1) is 22.7. The number of benzene rings is 1. The van der Waals surface area contributed by atoms with E-state index in [0.717, 1.165) is 36.5 Å². The number of hydrogen-bond acceptors (Lipinski definition) is 6. The minimum absolute atomic E-state index is 0.0263. The quantitative estimate of drug-likeness (QED) is 0.492. The van der Waals surface area contributed by atoms with Crippen molar-refractivity contribution in [2.24, 2.45) is 5.92 Å². The van der Waals surface area contributed by atoms with Gasteiger partial charge in [0.05, 0.1) is 12.1 Å². The highest BCUT2D eigenvalue weighted by atomic mass is 16.7. The van der Waals surface area contributed by atoms with E-state index in [1.54, 1.807) is 15.7 Å². The third-order valence-corrected chi connectivity index (χ3v) is 5.28. The Bertz CT molecular complexity index is 922. The normalized spacial score (nSPS) is 15.0. The minimum Gasteiger partial charge on any atom is -0.444 e. The lowest BCUT2D eigenvalue weighted by atomic mass is 9.94. The van der Waals surface area contributed by atoms with Gasteiger partial charge in [-0.2, -0.15) is 0 Å². The van der Waals surface area contributed by atoms with Crippen molar-refractivity contribution in [2.45, 2.75) is 52.4 Å². The summed E-state index contributed by atoms with van der Waals surface area (Å²) in [5.74, 6) is 0.384. The molecule has 0 N–H and O–H groups in total. The predicted molar refractivity (Wildman–Crippen MR) is 115 cm³/mol. The molecule has 1 aromatic heterocycles. The predicted octanol–water partition coefficient (Wildman–Crippen LogP) is 4.60. The second-order valence-electron chi connectivity index (χ2n) is 8.76. The molecule has 0 unspecified atom stereocenters. The summed E-state index contributed by atoms with van der Waals surface area (Å²) in [5.41, 5.74) is 0.864. The van der Waals surface area contributed by atoms with Crippen molar-refractivity contribution >= 4 is 29.4 Å². The topological polar surface area (TPSA) is 87.1 Å². The summed E-state index contributed by atoms with van der Waals surface area (Å²) < 4.78 is 17.5. The number of hydrogen-bond donors (Lipinski definition) is 0. The molecule has 0 spiro atoms. The van der Waals surface area contributed by atoms with Crippen molar-refractivity contribution in [3.05, 3.63) is 36.0 Å². The minimum atomic E-state index is -0.739. The molecule has 2 aromatic rings. The molecule has 3 rings (SSSR count). The van der Waals surface area contributed by atoms with Crippen LogP contribution in [0.4, 0.5) is 9.59 Å². The van der Waals surface area contributed by atoms with E-state index in [9.17, 15) is 14.4 Å². The summed E-state index contributed by atoms with van der Waals surface area (Å²) in [6.07, 6.45) is 3.84. The van der Waals surface area contributed by atoms with Crippen LogP contribution in [0.3, 0.4) is 0 Å². The Kier molecular flexibility index (Phi) is 7.20. The number of nitrogens with zero attached hydrogens (tertiary/aromatic N) is 2. The Morgan fingerprint density at radius 3 is 2.52 bits per heavy atom. The standard InChI is InChI=1S/C23H30N2O6/c1-23(2,3)31-21(27)24-11-8-17(9-12-24)10-13-29-22(28)30-16-25-14-18(15-26)19-6-4-5-7-20(19)25/h4-7,14-15,17H,8-13,16H2,1-3H3. The Hall–Kier alpha value is -3.03. The molecule has 1 aromatic carbocycles. The molecule has 0 saturated carbocycles. The van der Waals surface area contributed by atoms with Gasteiger partial charge >= 0.3 is 12.2 Å². The zero-order valence-corrected chi connectivity index (χ0v) is 18.3. The number of carbonyl (C=O) groups is 3. The van der Waals surface area contributed by atoms with Crippen molar-refractivity contribution < 1.29 is 28.6 Å². The molecular formula is C23H30N2O6. The molecule has 0 bridgehead atoms. The van der Waals surface area contributed by atoms with Crippen molar-refractivity contribution in [1.29, 1.82) is 0 Å². The zero-order valence-electron chi connectivity index (χ0n) is 18.3. The summed E-state index contributed by atoms with van der Waals surface area (Å²) in [7, 11) is 0. The molecule has 1 aliphatic heterocycles. The van der Waals surface area contributed by atoms with Crippen LogP contribution in [0.25, 0.3) is 10.9 Å². The number of piperidine rings is 1. The smallest absolute Gasteiger partial charge is 0.444 e. The van der Waals surface area contributed by atoms with Crippen molar-refractivity contribution in [1.82, 2.24) is 9.47 Å². The van der Waals surface area contributed by atoms with Gasteiger partial charge in [0.1, 0.15) is 5.60 Å². The summed E-state index contributed by atoms with van der Waals surface area (Å²) in [6.45, 7) is 7.09. The fourth-order valence-electron chi connectivity index (χ4n) is 3.68. The average molecular weight is 431 g/mol. The van der Waals surface area contributed by atoms with Gasteiger partial charge in [0.2, 0.25) is 0 Å². The maximum absolute atomic E-state index is 12.1. The second kappa shape index (κ2) is 9.85. The van der Waals surface area contributed by atoms with E-state index in [-0.39, 0.29) is 19.4 Å². The van der Waals surface area contributed by atoms with Crippen molar-refractivity contribution in [3.63, 3.8) is 0 Å². The number of rotatable bonds is 6. The largest absolute Gasteiger partial charge is 0.510 e. The Morgan fingerprint density at radius 2 is 1.84 bits per heavy atom. The van der Waals surface area contributed by atoms with E-state index in [2.05, 4.69) is 0 Å². The molecular weight excluding hydrogens is 400 g/mol. The molecule has 0 atom stereocenters. The van der Waals surface area contributed by atoms with Crippen LogP contribution in [0.1, 0.15) is 50.4 Å². The summed E-state index contributed by atoms with van der Waals surface area (Å²) in [6, 6.07) is 7.43. The van der Waals surface area contributed by atoms with E-state index >= 15 is 0 Å². The van der Waals surface area contributed by atoms with Crippen LogP contribution in [0.15, 0.2) is 30.5 Å². The van der Waals surface area contributed by atoms with Crippen molar-refractivity contribution in [2.75, 3.05) is 19.7 Å². The molecule has 1 fully saturated rings. The molecule has 2 heterocycles. The number of amides is 1. The molecule has 31 heavy (non-hydrogen) atoms. The second-order valence-corrected chi connectivity index (χ2v) is 8.76. The van der Waals surface area contributed by atoms with E-state index in [4.69, 9.17) is 14.2 Å². The van der Waals surface area contributed by atoms with E-state index < -0.39 is 11.8 Å². The number of carbonyl (C=O) groups excluding carboxylic acids is 3. The number of aromatic nitrogens is 1. The van der Waals surface area contributed by atoms with E-state index in [1.165, 1.54) is 0 Å². The Morgan fingerprint density at radius 1 is 1.13 bits per heavy atom. The number of aldehydes is 1. The maximum Gasteiger partial charge on any atom is 0.510 e. The van der Waals surface area contributed by atoms with Gasteiger partial charge in [-0.05, 0) is 52.0 Å². The third-order valence-electron chi connectivity index (χ3n) is 5.28. The molecule has 1 amide bonds. The van der Waals surface area contributed by atoms with Crippen LogP contribution >= 0.6 is 0 Å². The molecule has 168 valence electrons. The van der Waals surface area contributed by atoms with Gasteiger partial charge in [0.25, 0.3) is 0 Å². The molecule has 1 aliphatic rings. The Labute approximate surface area is 182 Å². The van der Waals surface area contributed by atoms with E-state index in [1.807, 2.05) is 45.0 Å². The van der Waals surface area contributed by atoms with Crippen molar-refractivity contribution in [3.8, 4) is 0 Å². The van der Waals surface area contributed by atoms with Crippen LogP contribution in [0.2, 0.25) is 0 Å². The van der Waals surface area contributed by atoms with Crippen LogP contribution in [-0.4, -0.2) is 53.3 Å². The molecule has 1 saturated heterocycles. The lowest BCUT2D eigenvalue weighted by Crippen LogP contribution is -2.41. The van der Waals surface area contributed by atoms with Gasteiger partial charge in [0.15, 0.2) is 13.0 Å². The first-order chi connectivity index (χ1) is 14.8. The number of likely N-dealkylation sites (tertiary alicyclic amines) is 1. The van der Waals surface area contributed by atoms with Gasteiger partial charge < -0.3 is 23.7 Å². The first-order valence-corrected chi connectivity index (χ1v) is 10.6. The number of para-hydroxylation sites is 1. The van der Waals surface area contributed by atoms with E-state index in [0.29, 0.717) is 24.6 Å². The zero-order chi connectivity index (χ0) is 22.4. The molecule has 8 nitrogen and oxygen atoms in total. The van der Waals surface area contributed by atoms with Crippen LogP contribution < -0.4 is 0 Å². The molecule has 0 radical (unpaired) electrons. The van der Waals surface area contributed by atoms with Gasteiger partial charge in [-0.25, -0.2) is 9.59 Å². The summed E-state index contributed by atoms with van der Waals surface area (Å²) in [4.78, 5) is 37.0. The first-order valence-electron chi connectivity index (χ1n) is 10.6. The lowest BCUT2D eigenvalue weighted by Gasteiger charge is -2.33. The highest BCUT2D eigenvalue weighted by Crippen LogP contribution is 2.23. The maximum atomic E-state index is 12.1. The summed E-state index contributed by atoms with van der Waals surface area (Å²) in [5, 5.41) is 0.812. The van der Waals surface area contributed by atoms with Gasteiger partial charge in [0, 0.05) is 30.2 Å².